The first-order valence-electron chi connectivity index (χ1n) is 8.39. The van der Waals surface area contributed by atoms with Crippen LogP contribution in [0.5, 0.6) is 0 Å². The molecule has 0 unspecified atom stereocenters. The lowest BCUT2D eigenvalue weighted by molar-refractivity contribution is -0.121. The normalized spacial score (nSPS) is 17.2. The van der Waals surface area contributed by atoms with Crippen LogP contribution in [0.3, 0.4) is 0 Å². The molecule has 7 heteroatoms. The number of aryl methyl sites for hydroxylation is 1. The molecule has 1 aliphatic heterocycles. The van der Waals surface area contributed by atoms with Crippen LogP contribution in [0, 0.1) is 12.8 Å². The molecule has 1 aliphatic rings. The van der Waals surface area contributed by atoms with Gasteiger partial charge in [-0.05, 0) is 43.4 Å². The summed E-state index contributed by atoms with van der Waals surface area (Å²) >= 11 is 1.29. The van der Waals surface area contributed by atoms with E-state index in [-0.39, 0.29) is 17.7 Å². The lowest BCUT2D eigenvalue weighted by Gasteiger charge is -2.32. The maximum absolute atomic E-state index is 12.9. The second-order valence-corrected chi connectivity index (χ2v) is 6.94. The highest BCUT2D eigenvalue weighted by atomic mass is 32.1. The fourth-order valence-corrected chi connectivity index (χ4v) is 3.83. The zero-order valence-electron chi connectivity index (χ0n) is 14.4. The quantitative estimate of drug-likeness (QED) is 0.881. The van der Waals surface area contributed by atoms with Crippen molar-refractivity contribution in [2.75, 3.05) is 30.8 Å². The Balaban J connectivity index is 1.69. The lowest BCUT2D eigenvalue weighted by atomic mass is 9.96. The van der Waals surface area contributed by atoms with Crippen LogP contribution in [0.15, 0.2) is 30.3 Å². The number of rotatable bonds is 4. The van der Waals surface area contributed by atoms with Gasteiger partial charge in [-0.25, -0.2) is 0 Å². The number of hydrogen-bond donors (Lipinski definition) is 2. The van der Waals surface area contributed by atoms with E-state index in [9.17, 15) is 9.59 Å². The monoisotopic (exact) mass is 358 g/mol. The van der Waals surface area contributed by atoms with Gasteiger partial charge in [0.05, 0.1) is 17.2 Å². The number of anilines is 2. The van der Waals surface area contributed by atoms with Crippen molar-refractivity contribution < 1.29 is 9.59 Å². The number of nitrogens with one attached hydrogen (secondary N) is 2. The third-order valence-electron chi connectivity index (χ3n) is 4.42. The molecule has 1 saturated heterocycles. The van der Waals surface area contributed by atoms with E-state index >= 15 is 0 Å². The third-order valence-corrected chi connectivity index (χ3v) is 5.38. The molecule has 0 saturated carbocycles. The van der Waals surface area contributed by atoms with Crippen molar-refractivity contribution in [3.05, 3.63) is 41.6 Å². The van der Waals surface area contributed by atoms with Gasteiger partial charge < -0.3 is 15.5 Å². The second kappa shape index (κ2) is 7.65. The molecule has 1 atom stereocenters. The average molecular weight is 358 g/mol. The fraction of sp³-hybridized carbons (Fsp3) is 0.389. The summed E-state index contributed by atoms with van der Waals surface area (Å²) in [7, 11) is 1.79. The van der Waals surface area contributed by atoms with Crippen molar-refractivity contribution in [1.82, 2.24) is 9.27 Å². The smallest absolute Gasteiger partial charge is 0.258 e. The van der Waals surface area contributed by atoms with Gasteiger partial charge in [0.1, 0.15) is 5.00 Å². The van der Waals surface area contributed by atoms with Gasteiger partial charge in [0, 0.05) is 25.8 Å². The van der Waals surface area contributed by atoms with E-state index in [4.69, 9.17) is 0 Å². The van der Waals surface area contributed by atoms with Gasteiger partial charge in [-0.3, -0.25) is 9.59 Å². The standard InChI is InChI=1S/C18H22N4O2S/c1-12-15(17(19-2)25-21-12)18(24)22-10-6-7-13(11-22)16(23)20-14-8-4-3-5-9-14/h3-5,8-9,13,19H,6-7,10-11H2,1-2H3,(H,20,23)/t13-/m1/s1. The number of para-hydroxylation sites is 1. The molecule has 2 amide bonds. The first kappa shape index (κ1) is 17.4. The molecule has 0 spiro atoms. The molecule has 2 aromatic rings. The van der Waals surface area contributed by atoms with E-state index in [0.717, 1.165) is 29.2 Å². The number of carbonyl (C=O) groups excluding carboxylic acids is 2. The highest BCUT2D eigenvalue weighted by Crippen LogP contribution is 2.28. The van der Waals surface area contributed by atoms with Crippen LogP contribution in [0.4, 0.5) is 10.7 Å². The Morgan fingerprint density at radius 3 is 2.76 bits per heavy atom. The molecule has 0 aliphatic carbocycles. The van der Waals surface area contributed by atoms with Gasteiger partial charge in [-0.15, -0.1) is 0 Å². The zero-order valence-corrected chi connectivity index (χ0v) is 15.2. The third kappa shape index (κ3) is 3.82. The van der Waals surface area contributed by atoms with Crippen LogP contribution in [0.25, 0.3) is 0 Å². The van der Waals surface area contributed by atoms with Crippen LogP contribution >= 0.6 is 11.5 Å². The number of likely N-dealkylation sites (tertiary alicyclic amines) is 1. The van der Waals surface area contributed by atoms with Gasteiger partial charge in [0.2, 0.25) is 5.91 Å². The first-order chi connectivity index (χ1) is 12.1. The largest absolute Gasteiger partial charge is 0.378 e. The summed E-state index contributed by atoms with van der Waals surface area (Å²) in [6, 6.07) is 9.41. The summed E-state index contributed by atoms with van der Waals surface area (Å²) in [6.45, 7) is 2.95. The molecule has 6 nitrogen and oxygen atoms in total. The predicted octanol–water partition coefficient (Wildman–Crippen LogP) is 2.98. The van der Waals surface area contributed by atoms with E-state index in [1.165, 1.54) is 11.5 Å². The van der Waals surface area contributed by atoms with E-state index in [1.807, 2.05) is 37.3 Å². The Kier molecular flexibility index (Phi) is 5.33. The van der Waals surface area contributed by atoms with Crippen LogP contribution < -0.4 is 10.6 Å². The molecule has 1 aromatic heterocycles. The Hall–Kier alpha value is -2.41. The lowest BCUT2D eigenvalue weighted by Crippen LogP contribution is -2.44. The summed E-state index contributed by atoms with van der Waals surface area (Å²) in [4.78, 5) is 27.2. The minimum Gasteiger partial charge on any atom is -0.378 e. The van der Waals surface area contributed by atoms with Crippen molar-refractivity contribution in [1.29, 1.82) is 0 Å². The molecule has 0 radical (unpaired) electrons. The van der Waals surface area contributed by atoms with Gasteiger partial charge in [0.25, 0.3) is 5.91 Å². The second-order valence-electron chi connectivity index (χ2n) is 6.17. The van der Waals surface area contributed by atoms with Crippen molar-refractivity contribution in [2.45, 2.75) is 19.8 Å². The van der Waals surface area contributed by atoms with Crippen molar-refractivity contribution in [2.24, 2.45) is 5.92 Å². The van der Waals surface area contributed by atoms with Crippen molar-refractivity contribution >= 4 is 34.0 Å². The minimum absolute atomic E-state index is 0.0299. The van der Waals surface area contributed by atoms with Crippen LogP contribution in [0.1, 0.15) is 28.9 Å². The molecule has 2 heterocycles. The van der Waals surface area contributed by atoms with E-state index in [1.54, 1.807) is 11.9 Å². The summed E-state index contributed by atoms with van der Waals surface area (Å²) in [5.74, 6) is -0.270. The van der Waals surface area contributed by atoms with Crippen LogP contribution in [-0.2, 0) is 4.79 Å². The molecule has 0 bridgehead atoms. The molecule has 2 N–H and O–H groups in total. The Bertz CT molecular complexity index is 760. The maximum atomic E-state index is 12.9. The van der Waals surface area contributed by atoms with E-state index in [0.29, 0.717) is 18.7 Å². The number of benzene rings is 1. The molecule has 1 aromatic carbocycles. The Labute approximate surface area is 151 Å². The summed E-state index contributed by atoms with van der Waals surface area (Å²) in [5, 5.41) is 6.75. The van der Waals surface area contributed by atoms with Gasteiger partial charge >= 0.3 is 0 Å². The van der Waals surface area contributed by atoms with Crippen molar-refractivity contribution in [3.8, 4) is 0 Å². The number of hydrogen-bond acceptors (Lipinski definition) is 5. The van der Waals surface area contributed by atoms with Gasteiger partial charge in [-0.1, -0.05) is 18.2 Å². The van der Waals surface area contributed by atoms with Crippen LogP contribution in [0.2, 0.25) is 0 Å². The van der Waals surface area contributed by atoms with E-state index < -0.39 is 0 Å². The fourth-order valence-electron chi connectivity index (χ4n) is 3.09. The van der Waals surface area contributed by atoms with Gasteiger partial charge in [0.15, 0.2) is 0 Å². The van der Waals surface area contributed by atoms with Gasteiger partial charge in [-0.2, -0.15) is 4.37 Å². The number of carbonyl (C=O) groups is 2. The molecule has 1 fully saturated rings. The summed E-state index contributed by atoms with van der Waals surface area (Å²) in [6.07, 6.45) is 1.62. The average Bonchev–Trinajstić information content (AvgIpc) is 3.02. The number of piperidine rings is 1. The SMILES string of the molecule is CNc1snc(C)c1C(=O)N1CCC[C@@H](C(=O)Nc2ccccc2)C1. The summed E-state index contributed by atoms with van der Waals surface area (Å²) < 4.78 is 4.27. The molecular formula is C18H22N4O2S. The molecule has 132 valence electrons. The van der Waals surface area contributed by atoms with E-state index in [2.05, 4.69) is 15.0 Å². The maximum Gasteiger partial charge on any atom is 0.258 e. The summed E-state index contributed by atoms with van der Waals surface area (Å²) in [5.41, 5.74) is 2.14. The minimum atomic E-state index is -0.192. The number of nitrogens with zero attached hydrogens (tertiary/aromatic N) is 2. The number of aromatic nitrogens is 1. The first-order valence-corrected chi connectivity index (χ1v) is 9.16. The zero-order chi connectivity index (χ0) is 17.8. The molecular weight excluding hydrogens is 336 g/mol. The number of amides is 2. The predicted molar refractivity (Wildman–Crippen MR) is 100 cm³/mol. The molecule has 3 rings (SSSR count). The highest BCUT2D eigenvalue weighted by molar-refractivity contribution is 7.10. The van der Waals surface area contributed by atoms with Crippen molar-refractivity contribution in [3.63, 3.8) is 0 Å². The van der Waals surface area contributed by atoms with Crippen LogP contribution in [-0.4, -0.2) is 41.2 Å². The Morgan fingerprint density at radius 2 is 2.04 bits per heavy atom. The topological polar surface area (TPSA) is 74.3 Å². The Morgan fingerprint density at radius 1 is 1.28 bits per heavy atom. The highest BCUT2D eigenvalue weighted by Gasteiger charge is 2.31. The molecule has 25 heavy (non-hydrogen) atoms.